The molecule has 4 nitrogen and oxygen atoms in total. The minimum absolute atomic E-state index is 0.0502. The zero-order chi connectivity index (χ0) is 12.0. The third-order valence-corrected chi connectivity index (χ3v) is 4.63. The molecule has 1 fully saturated rings. The second-order valence-corrected chi connectivity index (χ2v) is 7.81. The second-order valence-electron chi connectivity index (χ2n) is 4.40. The van der Waals surface area contributed by atoms with E-state index in [1.807, 2.05) is 18.7 Å². The maximum atomic E-state index is 11.1. The van der Waals surface area contributed by atoms with Crippen LogP contribution in [-0.4, -0.2) is 69.1 Å². The maximum absolute atomic E-state index is 11.1. The topological polar surface area (TPSA) is 49.4 Å². The third-order valence-electron chi connectivity index (χ3n) is 2.58. The van der Waals surface area contributed by atoms with Crippen LogP contribution in [0.5, 0.6) is 0 Å². The minimum Gasteiger partial charge on any atom is -0.312 e. The highest BCUT2D eigenvalue weighted by molar-refractivity contribution is 7.99. The molecule has 0 spiro atoms. The van der Waals surface area contributed by atoms with Gasteiger partial charge in [-0.1, -0.05) is 0 Å². The van der Waals surface area contributed by atoms with Crippen LogP contribution >= 0.6 is 11.8 Å². The van der Waals surface area contributed by atoms with E-state index < -0.39 is 9.84 Å². The molecule has 0 saturated carbocycles. The predicted octanol–water partition coefficient (Wildman–Crippen LogP) is 0.0579. The molecule has 0 aromatic carbocycles. The largest absolute Gasteiger partial charge is 0.312 e. The highest BCUT2D eigenvalue weighted by atomic mass is 32.2. The van der Waals surface area contributed by atoms with Crippen molar-refractivity contribution < 1.29 is 8.42 Å². The van der Waals surface area contributed by atoms with Gasteiger partial charge < -0.3 is 10.2 Å². The van der Waals surface area contributed by atoms with Crippen LogP contribution in [-0.2, 0) is 9.84 Å². The fourth-order valence-corrected chi connectivity index (χ4v) is 3.81. The zero-order valence-electron chi connectivity index (χ0n) is 10.1. The van der Waals surface area contributed by atoms with Gasteiger partial charge in [0.05, 0.1) is 5.75 Å². The number of sulfone groups is 1. The molecule has 0 amide bonds. The van der Waals surface area contributed by atoms with Gasteiger partial charge >= 0.3 is 0 Å². The summed E-state index contributed by atoms with van der Waals surface area (Å²) in [5.41, 5.74) is 0. The summed E-state index contributed by atoms with van der Waals surface area (Å²) >= 11 is 2.00. The lowest BCUT2D eigenvalue weighted by Gasteiger charge is -2.26. The Bertz CT molecular complexity index is 287. The molecule has 1 atom stereocenters. The van der Waals surface area contributed by atoms with Crippen molar-refractivity contribution in [3.05, 3.63) is 0 Å². The van der Waals surface area contributed by atoms with Gasteiger partial charge in [-0.25, -0.2) is 8.42 Å². The van der Waals surface area contributed by atoms with Gasteiger partial charge in [0, 0.05) is 50.0 Å². The molecule has 0 aromatic rings. The van der Waals surface area contributed by atoms with E-state index in [2.05, 4.69) is 10.2 Å². The van der Waals surface area contributed by atoms with Gasteiger partial charge in [-0.2, -0.15) is 11.8 Å². The smallest absolute Gasteiger partial charge is 0.148 e. The molecule has 96 valence electrons. The van der Waals surface area contributed by atoms with Gasteiger partial charge in [-0.3, -0.25) is 0 Å². The van der Waals surface area contributed by atoms with Crippen LogP contribution < -0.4 is 5.32 Å². The van der Waals surface area contributed by atoms with Crippen LogP contribution in [0.2, 0.25) is 0 Å². The van der Waals surface area contributed by atoms with Crippen molar-refractivity contribution in [2.75, 3.05) is 49.7 Å². The van der Waals surface area contributed by atoms with Crippen LogP contribution in [0.4, 0.5) is 0 Å². The minimum atomic E-state index is -2.86. The van der Waals surface area contributed by atoms with E-state index in [4.69, 9.17) is 0 Å². The average Bonchev–Trinajstić information content (AvgIpc) is 2.16. The van der Waals surface area contributed by atoms with Gasteiger partial charge in [-0.15, -0.1) is 0 Å². The first-order chi connectivity index (χ1) is 7.47. The fourth-order valence-electron chi connectivity index (χ4n) is 1.81. The van der Waals surface area contributed by atoms with E-state index in [0.29, 0.717) is 0 Å². The summed E-state index contributed by atoms with van der Waals surface area (Å²) in [6.45, 7) is 6.14. The summed E-state index contributed by atoms with van der Waals surface area (Å²) in [7, 11) is -2.86. The van der Waals surface area contributed by atoms with E-state index in [-0.39, 0.29) is 11.8 Å². The summed E-state index contributed by atoms with van der Waals surface area (Å²) in [6, 6.07) is 0.0502. The molecule has 1 aliphatic heterocycles. The standard InChI is InChI=1S/C10H22N2O2S2/c1-10(9-16(2,13)14)11-3-4-12-5-7-15-8-6-12/h10-11H,3-9H2,1-2H3. The molecule has 6 heteroatoms. The Hall–Kier alpha value is 0.220. The number of thioether (sulfide) groups is 1. The lowest BCUT2D eigenvalue weighted by atomic mass is 10.4. The Kier molecular flexibility index (Phi) is 6.10. The molecule has 1 N–H and O–H groups in total. The summed E-state index contributed by atoms with van der Waals surface area (Å²) in [4.78, 5) is 2.43. The number of hydrogen-bond acceptors (Lipinski definition) is 5. The molecule has 1 unspecified atom stereocenters. The molecule has 16 heavy (non-hydrogen) atoms. The predicted molar refractivity (Wildman–Crippen MR) is 70.9 cm³/mol. The number of rotatable bonds is 6. The molecular formula is C10H22N2O2S2. The van der Waals surface area contributed by atoms with Crippen LogP contribution in [0.3, 0.4) is 0 Å². The van der Waals surface area contributed by atoms with Crippen molar-refractivity contribution in [3.8, 4) is 0 Å². The van der Waals surface area contributed by atoms with Crippen molar-refractivity contribution in [1.82, 2.24) is 10.2 Å². The summed E-state index contributed by atoms with van der Waals surface area (Å²) in [5, 5.41) is 3.26. The summed E-state index contributed by atoms with van der Waals surface area (Å²) in [5.74, 6) is 2.67. The maximum Gasteiger partial charge on any atom is 0.148 e. The van der Waals surface area contributed by atoms with Crippen molar-refractivity contribution in [3.63, 3.8) is 0 Å². The van der Waals surface area contributed by atoms with Crippen molar-refractivity contribution in [2.24, 2.45) is 0 Å². The van der Waals surface area contributed by atoms with Gasteiger partial charge in [0.1, 0.15) is 9.84 Å². The van der Waals surface area contributed by atoms with E-state index in [9.17, 15) is 8.42 Å². The Balaban J connectivity index is 2.10. The first-order valence-corrected chi connectivity index (χ1v) is 8.90. The van der Waals surface area contributed by atoms with Gasteiger partial charge in [0.2, 0.25) is 0 Å². The molecule has 0 radical (unpaired) electrons. The summed E-state index contributed by atoms with van der Waals surface area (Å²) in [6.07, 6.45) is 1.28. The second kappa shape index (κ2) is 6.83. The molecule has 1 heterocycles. The monoisotopic (exact) mass is 266 g/mol. The van der Waals surface area contributed by atoms with E-state index in [0.717, 1.165) is 26.2 Å². The lowest BCUT2D eigenvalue weighted by Crippen LogP contribution is -2.41. The number of hydrogen-bond donors (Lipinski definition) is 1. The fraction of sp³-hybridized carbons (Fsp3) is 1.00. The van der Waals surface area contributed by atoms with Crippen LogP contribution in [0, 0.1) is 0 Å². The molecule has 0 aliphatic carbocycles. The first kappa shape index (κ1) is 14.3. The molecule has 1 rings (SSSR count). The highest BCUT2D eigenvalue weighted by Gasteiger charge is 2.12. The first-order valence-electron chi connectivity index (χ1n) is 5.68. The Morgan fingerprint density at radius 2 is 2.00 bits per heavy atom. The van der Waals surface area contributed by atoms with Crippen molar-refractivity contribution >= 4 is 21.6 Å². The molecule has 0 aromatic heterocycles. The molecule has 1 aliphatic rings. The molecule has 0 bridgehead atoms. The van der Waals surface area contributed by atoms with Gasteiger partial charge in [0.25, 0.3) is 0 Å². The SMILES string of the molecule is CC(CS(C)(=O)=O)NCCN1CCSCC1. The summed E-state index contributed by atoms with van der Waals surface area (Å²) < 4.78 is 22.1. The number of nitrogens with one attached hydrogen (secondary N) is 1. The molecular weight excluding hydrogens is 244 g/mol. The van der Waals surface area contributed by atoms with Gasteiger partial charge in [-0.05, 0) is 6.92 Å². The Morgan fingerprint density at radius 1 is 1.38 bits per heavy atom. The van der Waals surface area contributed by atoms with Crippen LogP contribution in [0.25, 0.3) is 0 Å². The highest BCUT2D eigenvalue weighted by Crippen LogP contribution is 2.07. The van der Waals surface area contributed by atoms with E-state index >= 15 is 0 Å². The normalized spacial score (nSPS) is 20.9. The quantitative estimate of drug-likeness (QED) is 0.737. The molecule has 1 saturated heterocycles. The zero-order valence-corrected chi connectivity index (χ0v) is 11.7. The Morgan fingerprint density at radius 3 is 2.56 bits per heavy atom. The number of nitrogens with zero attached hydrogens (tertiary/aromatic N) is 1. The van der Waals surface area contributed by atoms with Crippen LogP contribution in [0.1, 0.15) is 6.92 Å². The van der Waals surface area contributed by atoms with Gasteiger partial charge in [0.15, 0.2) is 0 Å². The Labute approximate surface area is 103 Å². The van der Waals surface area contributed by atoms with Crippen molar-refractivity contribution in [1.29, 1.82) is 0 Å². The van der Waals surface area contributed by atoms with E-state index in [1.165, 1.54) is 17.8 Å². The van der Waals surface area contributed by atoms with E-state index in [1.54, 1.807) is 0 Å². The van der Waals surface area contributed by atoms with Crippen molar-refractivity contribution in [2.45, 2.75) is 13.0 Å². The third kappa shape index (κ3) is 6.73. The lowest BCUT2D eigenvalue weighted by molar-refractivity contribution is 0.298. The van der Waals surface area contributed by atoms with Crippen LogP contribution in [0.15, 0.2) is 0 Å². The average molecular weight is 266 g/mol.